The summed E-state index contributed by atoms with van der Waals surface area (Å²) >= 11 is 0. The normalized spacial score (nSPS) is 18.9. The lowest BCUT2D eigenvalue weighted by Crippen LogP contribution is -2.30. The van der Waals surface area contributed by atoms with Gasteiger partial charge in [0.2, 0.25) is 0 Å². The van der Waals surface area contributed by atoms with E-state index in [0.717, 1.165) is 6.61 Å². The molecule has 1 atom stereocenters. The van der Waals surface area contributed by atoms with Crippen LogP contribution in [0, 0.1) is 0 Å². The fourth-order valence-corrected chi connectivity index (χ4v) is 2.28. The van der Waals surface area contributed by atoms with Crippen molar-refractivity contribution < 1.29 is 4.74 Å². The van der Waals surface area contributed by atoms with Crippen LogP contribution in [0.15, 0.2) is 0 Å². The predicted octanol–water partition coefficient (Wildman–Crippen LogP) is 3.85. The van der Waals surface area contributed by atoms with E-state index >= 15 is 0 Å². The van der Waals surface area contributed by atoms with Gasteiger partial charge in [-0.15, -0.1) is 0 Å². The van der Waals surface area contributed by atoms with E-state index in [1.807, 2.05) is 0 Å². The molecule has 102 valence electrons. The molecule has 1 saturated heterocycles. The van der Waals surface area contributed by atoms with Crippen molar-refractivity contribution in [3.05, 3.63) is 0 Å². The second-order valence-corrected chi connectivity index (χ2v) is 5.38. The Kier molecular flexibility index (Phi) is 8.72. The Morgan fingerprint density at radius 3 is 1.82 bits per heavy atom. The Hall–Kier alpha value is -0.0800. The summed E-state index contributed by atoms with van der Waals surface area (Å²) in [6.45, 7) is 9.30. The van der Waals surface area contributed by atoms with Crippen molar-refractivity contribution >= 4 is 0 Å². The van der Waals surface area contributed by atoms with E-state index in [1.165, 1.54) is 71.0 Å². The SMILES string of the molecule is CCCCCCN(CCCCCC)CC1CO1. The molecule has 0 aromatic rings. The maximum absolute atomic E-state index is 5.35. The molecule has 0 spiro atoms. The molecule has 0 N–H and O–H groups in total. The van der Waals surface area contributed by atoms with Crippen molar-refractivity contribution in [1.29, 1.82) is 0 Å². The third-order valence-corrected chi connectivity index (χ3v) is 3.52. The van der Waals surface area contributed by atoms with Gasteiger partial charge in [0.1, 0.15) is 0 Å². The largest absolute Gasteiger partial charge is 0.372 e. The van der Waals surface area contributed by atoms with Gasteiger partial charge >= 0.3 is 0 Å². The highest BCUT2D eigenvalue weighted by molar-refractivity contribution is 4.74. The van der Waals surface area contributed by atoms with Crippen LogP contribution in [-0.2, 0) is 4.74 Å². The smallest absolute Gasteiger partial charge is 0.0936 e. The van der Waals surface area contributed by atoms with Crippen LogP contribution in [0.1, 0.15) is 65.2 Å². The zero-order valence-electron chi connectivity index (χ0n) is 11.9. The molecular weight excluding hydrogens is 210 g/mol. The number of rotatable bonds is 12. The molecule has 0 radical (unpaired) electrons. The molecule has 2 heteroatoms. The third-order valence-electron chi connectivity index (χ3n) is 3.52. The third kappa shape index (κ3) is 8.62. The minimum absolute atomic E-state index is 0.562. The highest BCUT2D eigenvalue weighted by Crippen LogP contribution is 2.13. The lowest BCUT2D eigenvalue weighted by Gasteiger charge is -2.21. The lowest BCUT2D eigenvalue weighted by molar-refractivity contribution is 0.232. The van der Waals surface area contributed by atoms with Crippen LogP contribution in [0.4, 0.5) is 0 Å². The Morgan fingerprint density at radius 1 is 0.882 bits per heavy atom. The van der Waals surface area contributed by atoms with E-state index in [0.29, 0.717) is 6.10 Å². The highest BCUT2D eigenvalue weighted by Gasteiger charge is 2.24. The lowest BCUT2D eigenvalue weighted by atomic mass is 10.1. The maximum atomic E-state index is 5.35. The fourth-order valence-electron chi connectivity index (χ4n) is 2.28. The maximum Gasteiger partial charge on any atom is 0.0936 e. The second kappa shape index (κ2) is 9.90. The Morgan fingerprint density at radius 2 is 1.41 bits per heavy atom. The monoisotopic (exact) mass is 241 g/mol. The summed E-state index contributed by atoms with van der Waals surface area (Å²) < 4.78 is 5.35. The van der Waals surface area contributed by atoms with E-state index in [-0.39, 0.29) is 0 Å². The minimum atomic E-state index is 0.562. The summed E-state index contributed by atoms with van der Waals surface area (Å²) in [4.78, 5) is 2.63. The molecule has 1 heterocycles. The quantitative estimate of drug-likeness (QED) is 0.381. The zero-order chi connectivity index (χ0) is 12.3. The van der Waals surface area contributed by atoms with Crippen LogP contribution in [-0.4, -0.2) is 37.2 Å². The van der Waals surface area contributed by atoms with Gasteiger partial charge in [-0.25, -0.2) is 0 Å². The number of epoxide rings is 1. The number of nitrogens with zero attached hydrogens (tertiary/aromatic N) is 1. The van der Waals surface area contributed by atoms with Crippen molar-refractivity contribution in [3.8, 4) is 0 Å². The molecule has 2 nitrogen and oxygen atoms in total. The van der Waals surface area contributed by atoms with E-state index in [2.05, 4.69) is 18.7 Å². The first kappa shape index (κ1) is 15.0. The van der Waals surface area contributed by atoms with E-state index in [9.17, 15) is 0 Å². The van der Waals surface area contributed by atoms with Gasteiger partial charge < -0.3 is 9.64 Å². The number of hydrogen-bond donors (Lipinski definition) is 0. The van der Waals surface area contributed by atoms with Crippen LogP contribution in [0.25, 0.3) is 0 Å². The van der Waals surface area contributed by atoms with Crippen LogP contribution in [0.2, 0.25) is 0 Å². The number of ether oxygens (including phenoxy) is 1. The Labute approximate surface area is 108 Å². The molecule has 0 bridgehead atoms. The van der Waals surface area contributed by atoms with Gasteiger partial charge in [-0.2, -0.15) is 0 Å². The minimum Gasteiger partial charge on any atom is -0.372 e. The van der Waals surface area contributed by atoms with E-state index < -0.39 is 0 Å². The van der Waals surface area contributed by atoms with Gasteiger partial charge in [0.15, 0.2) is 0 Å². The summed E-state index contributed by atoms with van der Waals surface area (Å²) in [5.41, 5.74) is 0. The average Bonchev–Trinajstić information content (AvgIpc) is 3.13. The van der Waals surface area contributed by atoms with Gasteiger partial charge in [-0.05, 0) is 25.9 Å². The predicted molar refractivity (Wildman–Crippen MR) is 74.5 cm³/mol. The standard InChI is InChI=1S/C15H31NO/c1-3-5-7-9-11-16(13-15-14-17-15)12-10-8-6-4-2/h15H,3-14H2,1-2H3. The molecule has 0 amide bonds. The summed E-state index contributed by atoms with van der Waals surface area (Å²) in [5.74, 6) is 0. The topological polar surface area (TPSA) is 15.8 Å². The van der Waals surface area contributed by atoms with Crippen LogP contribution >= 0.6 is 0 Å². The van der Waals surface area contributed by atoms with E-state index in [4.69, 9.17) is 4.74 Å². The molecule has 1 fully saturated rings. The molecule has 0 aliphatic carbocycles. The molecule has 1 aliphatic heterocycles. The van der Waals surface area contributed by atoms with Crippen molar-refractivity contribution in [2.45, 2.75) is 71.3 Å². The summed E-state index contributed by atoms with van der Waals surface area (Å²) in [5, 5.41) is 0. The van der Waals surface area contributed by atoms with Crippen molar-refractivity contribution in [2.24, 2.45) is 0 Å². The Bertz CT molecular complexity index is 156. The summed E-state index contributed by atoms with van der Waals surface area (Å²) in [6.07, 6.45) is 11.5. The molecule has 1 unspecified atom stereocenters. The number of hydrogen-bond acceptors (Lipinski definition) is 2. The van der Waals surface area contributed by atoms with Crippen LogP contribution < -0.4 is 0 Å². The molecular formula is C15H31NO. The molecule has 0 saturated carbocycles. The average molecular weight is 241 g/mol. The van der Waals surface area contributed by atoms with Gasteiger partial charge in [0.25, 0.3) is 0 Å². The molecule has 0 aromatic heterocycles. The first-order valence-electron chi connectivity index (χ1n) is 7.70. The first-order chi connectivity index (χ1) is 8.36. The summed E-state index contributed by atoms with van der Waals surface area (Å²) in [6, 6.07) is 0. The summed E-state index contributed by atoms with van der Waals surface area (Å²) in [7, 11) is 0. The molecule has 1 rings (SSSR count). The van der Waals surface area contributed by atoms with Crippen molar-refractivity contribution in [1.82, 2.24) is 4.90 Å². The van der Waals surface area contributed by atoms with Crippen molar-refractivity contribution in [3.63, 3.8) is 0 Å². The van der Waals surface area contributed by atoms with Crippen molar-refractivity contribution in [2.75, 3.05) is 26.2 Å². The fraction of sp³-hybridized carbons (Fsp3) is 1.00. The molecule has 17 heavy (non-hydrogen) atoms. The number of unbranched alkanes of at least 4 members (excludes halogenated alkanes) is 6. The molecule has 1 aliphatic rings. The van der Waals surface area contributed by atoms with E-state index in [1.54, 1.807) is 0 Å². The second-order valence-electron chi connectivity index (χ2n) is 5.38. The van der Waals surface area contributed by atoms with Gasteiger partial charge in [-0.3, -0.25) is 0 Å². The van der Waals surface area contributed by atoms with Gasteiger partial charge in [0.05, 0.1) is 12.7 Å². The zero-order valence-corrected chi connectivity index (χ0v) is 11.9. The molecule has 0 aromatic carbocycles. The van der Waals surface area contributed by atoms with Crippen LogP contribution in [0.3, 0.4) is 0 Å². The van der Waals surface area contributed by atoms with Gasteiger partial charge in [-0.1, -0.05) is 52.4 Å². The first-order valence-corrected chi connectivity index (χ1v) is 7.70. The van der Waals surface area contributed by atoms with Gasteiger partial charge in [0, 0.05) is 6.54 Å². The highest BCUT2D eigenvalue weighted by atomic mass is 16.6. The van der Waals surface area contributed by atoms with Crippen LogP contribution in [0.5, 0.6) is 0 Å². The Balaban J connectivity index is 2.03.